The van der Waals surface area contributed by atoms with E-state index in [-0.39, 0.29) is 12.3 Å². The molecule has 0 saturated heterocycles. The molecule has 0 aliphatic heterocycles. The summed E-state index contributed by atoms with van der Waals surface area (Å²) in [4.78, 5) is 11.8. The lowest BCUT2D eigenvalue weighted by Gasteiger charge is -2.14. The third-order valence-electron chi connectivity index (χ3n) is 3.39. The Morgan fingerprint density at radius 1 is 1.29 bits per heavy atom. The van der Waals surface area contributed by atoms with Crippen LogP contribution < -0.4 is 11.1 Å². The molecule has 1 aromatic carbocycles. The molecule has 0 spiro atoms. The number of carbonyl (C=O) groups is 1. The Morgan fingerprint density at radius 3 is 2.38 bits per heavy atom. The first-order valence-electron chi connectivity index (χ1n) is 6.99. The molecule has 1 rings (SSSR count). The molecule has 0 aliphatic carbocycles. The highest BCUT2D eigenvalue weighted by molar-refractivity contribution is 5.78. The lowest BCUT2D eigenvalue weighted by atomic mass is 10.0. The fourth-order valence-corrected chi connectivity index (χ4v) is 2.00. The second-order valence-electron chi connectivity index (χ2n) is 5.03. The van der Waals surface area contributed by atoms with E-state index >= 15 is 0 Å². The molecule has 6 heteroatoms. The third-order valence-corrected chi connectivity index (χ3v) is 3.39. The smallest absolute Gasteiger partial charge is 0.356 e. The van der Waals surface area contributed by atoms with Crippen LogP contribution in [0.1, 0.15) is 30.9 Å². The van der Waals surface area contributed by atoms with Crippen LogP contribution in [0.4, 0.5) is 13.2 Å². The van der Waals surface area contributed by atoms with E-state index in [0.29, 0.717) is 24.6 Å². The number of amides is 1. The van der Waals surface area contributed by atoms with Crippen molar-refractivity contribution in [2.75, 3.05) is 13.1 Å². The summed E-state index contributed by atoms with van der Waals surface area (Å²) in [5.74, 6) is 0.150. The Kier molecular flexibility index (Phi) is 6.68. The van der Waals surface area contributed by atoms with Crippen LogP contribution in [0, 0.1) is 5.92 Å². The molecule has 0 radical (unpaired) electrons. The van der Waals surface area contributed by atoms with Gasteiger partial charge in [-0.25, -0.2) is 0 Å². The van der Waals surface area contributed by atoms with Gasteiger partial charge in [-0.3, -0.25) is 4.79 Å². The van der Waals surface area contributed by atoms with Crippen LogP contribution >= 0.6 is 0 Å². The highest BCUT2D eigenvalue weighted by Gasteiger charge is 2.29. The van der Waals surface area contributed by atoms with Gasteiger partial charge in [0.15, 0.2) is 0 Å². The second kappa shape index (κ2) is 8.02. The number of benzene rings is 1. The average molecular weight is 302 g/mol. The van der Waals surface area contributed by atoms with E-state index in [1.807, 2.05) is 6.92 Å². The number of carbonyl (C=O) groups excluding carboxylic acids is 1. The van der Waals surface area contributed by atoms with Crippen molar-refractivity contribution >= 4 is 5.91 Å². The Morgan fingerprint density at radius 2 is 1.90 bits per heavy atom. The highest BCUT2D eigenvalue weighted by Crippen LogP contribution is 2.29. The van der Waals surface area contributed by atoms with Crippen LogP contribution in [0.25, 0.3) is 0 Å². The van der Waals surface area contributed by atoms with Crippen LogP contribution in [0.2, 0.25) is 0 Å². The summed E-state index contributed by atoms with van der Waals surface area (Å²) in [6.45, 7) is 3.16. The van der Waals surface area contributed by atoms with E-state index in [2.05, 4.69) is 5.32 Å². The summed E-state index contributed by atoms with van der Waals surface area (Å²) in [5.41, 5.74) is 5.33. The Balaban J connectivity index is 2.48. The molecule has 0 fully saturated rings. The molecule has 3 N–H and O–H groups in total. The summed E-state index contributed by atoms with van der Waals surface area (Å²) >= 11 is 0. The van der Waals surface area contributed by atoms with E-state index < -0.39 is 11.7 Å². The molecule has 0 heterocycles. The average Bonchev–Trinajstić information content (AvgIpc) is 2.43. The first kappa shape index (κ1) is 17.5. The minimum atomic E-state index is -4.35. The number of alkyl halides is 3. The van der Waals surface area contributed by atoms with Gasteiger partial charge in [-0.15, -0.1) is 0 Å². The molecule has 1 aromatic rings. The van der Waals surface area contributed by atoms with Crippen LogP contribution in [-0.2, 0) is 17.4 Å². The van der Waals surface area contributed by atoms with Crippen molar-refractivity contribution in [3.8, 4) is 0 Å². The summed E-state index contributed by atoms with van der Waals surface area (Å²) in [7, 11) is 0. The highest BCUT2D eigenvalue weighted by atomic mass is 19.4. The lowest BCUT2D eigenvalue weighted by molar-refractivity contribution is -0.137. The van der Waals surface area contributed by atoms with Gasteiger partial charge < -0.3 is 11.1 Å². The van der Waals surface area contributed by atoms with Crippen molar-refractivity contribution in [1.29, 1.82) is 0 Å². The van der Waals surface area contributed by atoms with Gasteiger partial charge in [0.25, 0.3) is 0 Å². The maximum Gasteiger partial charge on any atom is 0.416 e. The van der Waals surface area contributed by atoms with E-state index in [4.69, 9.17) is 5.73 Å². The lowest BCUT2D eigenvalue weighted by Crippen LogP contribution is -2.31. The predicted molar refractivity (Wildman–Crippen MR) is 75.6 cm³/mol. The molecule has 1 unspecified atom stereocenters. The van der Waals surface area contributed by atoms with Crippen molar-refractivity contribution in [1.82, 2.24) is 5.32 Å². The summed E-state index contributed by atoms with van der Waals surface area (Å²) in [5, 5.41) is 2.80. The molecule has 0 aliphatic rings. The Bertz CT molecular complexity index is 443. The number of nitrogens with two attached hydrogens (primary N) is 1. The normalized spacial score (nSPS) is 13.0. The zero-order valence-electron chi connectivity index (χ0n) is 12.0. The fraction of sp³-hybridized carbons (Fsp3) is 0.533. The number of rotatable bonds is 7. The number of halogens is 3. The monoisotopic (exact) mass is 302 g/mol. The topological polar surface area (TPSA) is 55.1 Å². The minimum Gasteiger partial charge on any atom is -0.356 e. The van der Waals surface area contributed by atoms with Crippen molar-refractivity contribution in [2.45, 2.75) is 32.4 Å². The van der Waals surface area contributed by atoms with Gasteiger partial charge in [0, 0.05) is 6.54 Å². The van der Waals surface area contributed by atoms with Crippen LogP contribution in [-0.4, -0.2) is 19.0 Å². The number of nitrogens with one attached hydrogen (secondary N) is 1. The molecule has 1 amide bonds. The quantitative estimate of drug-likeness (QED) is 0.813. The molecular formula is C15H21F3N2O. The van der Waals surface area contributed by atoms with Crippen molar-refractivity contribution in [3.05, 3.63) is 35.4 Å². The zero-order chi connectivity index (χ0) is 15.9. The molecule has 3 nitrogen and oxygen atoms in total. The first-order chi connectivity index (χ1) is 9.86. The van der Waals surface area contributed by atoms with E-state index in [9.17, 15) is 18.0 Å². The van der Waals surface area contributed by atoms with Crippen LogP contribution in [0.15, 0.2) is 24.3 Å². The zero-order valence-corrected chi connectivity index (χ0v) is 12.0. The van der Waals surface area contributed by atoms with Gasteiger partial charge in [-0.1, -0.05) is 25.5 Å². The van der Waals surface area contributed by atoms with Crippen molar-refractivity contribution < 1.29 is 18.0 Å². The molecule has 1 atom stereocenters. The fourth-order valence-electron chi connectivity index (χ4n) is 2.00. The van der Waals surface area contributed by atoms with Crippen LogP contribution in [0.5, 0.6) is 0 Å². The predicted octanol–water partition coefficient (Wildman–Crippen LogP) is 2.74. The van der Waals surface area contributed by atoms with Gasteiger partial charge in [-0.2, -0.15) is 13.2 Å². The summed E-state index contributed by atoms with van der Waals surface area (Å²) < 4.78 is 37.2. The van der Waals surface area contributed by atoms with E-state index in [0.717, 1.165) is 25.0 Å². The maximum absolute atomic E-state index is 12.4. The van der Waals surface area contributed by atoms with Gasteiger partial charge in [-0.05, 0) is 36.6 Å². The third kappa shape index (κ3) is 6.16. The number of hydrogen-bond acceptors (Lipinski definition) is 2. The van der Waals surface area contributed by atoms with Gasteiger partial charge in [0.1, 0.15) is 0 Å². The number of hydrogen-bond donors (Lipinski definition) is 2. The standard InChI is InChI=1S/C15H21F3N2O/c1-2-11(7-8-19)10-20-14(21)9-12-3-5-13(6-4-12)15(16,17)18/h3-6,11H,2,7-10,19H2,1H3,(H,20,21). The molecule has 21 heavy (non-hydrogen) atoms. The van der Waals surface area contributed by atoms with Crippen molar-refractivity contribution in [2.24, 2.45) is 11.7 Å². The molecule has 118 valence electrons. The van der Waals surface area contributed by atoms with Crippen molar-refractivity contribution in [3.63, 3.8) is 0 Å². The van der Waals surface area contributed by atoms with Gasteiger partial charge in [0.05, 0.1) is 12.0 Å². The molecule has 0 aromatic heterocycles. The molecular weight excluding hydrogens is 281 g/mol. The molecule has 0 bridgehead atoms. The van der Waals surface area contributed by atoms with Gasteiger partial charge in [0.2, 0.25) is 5.91 Å². The Labute approximate surface area is 122 Å². The summed E-state index contributed by atoms with van der Waals surface area (Å²) in [6.07, 6.45) is -2.50. The second-order valence-corrected chi connectivity index (χ2v) is 5.03. The maximum atomic E-state index is 12.4. The minimum absolute atomic E-state index is 0.0806. The summed E-state index contributed by atoms with van der Waals surface area (Å²) in [6, 6.07) is 4.65. The first-order valence-corrected chi connectivity index (χ1v) is 6.99. The van der Waals surface area contributed by atoms with Gasteiger partial charge >= 0.3 is 6.18 Å². The van der Waals surface area contributed by atoms with Crippen LogP contribution in [0.3, 0.4) is 0 Å². The molecule has 0 saturated carbocycles. The van der Waals surface area contributed by atoms with E-state index in [1.54, 1.807) is 0 Å². The SMILES string of the molecule is CCC(CCN)CNC(=O)Cc1ccc(C(F)(F)F)cc1. The largest absolute Gasteiger partial charge is 0.416 e. The van der Waals surface area contributed by atoms with E-state index in [1.165, 1.54) is 12.1 Å². The Hall–Kier alpha value is -1.56.